The van der Waals surface area contributed by atoms with Gasteiger partial charge in [0.25, 0.3) is 0 Å². The van der Waals surface area contributed by atoms with Crippen LogP contribution in [-0.2, 0) is 16.0 Å². The van der Waals surface area contributed by atoms with Crippen LogP contribution in [0.3, 0.4) is 0 Å². The lowest BCUT2D eigenvalue weighted by Crippen LogP contribution is -2.34. The fourth-order valence-corrected chi connectivity index (χ4v) is 3.65. The Kier molecular flexibility index (Phi) is 7.29. The number of nitrogens with one attached hydrogen (secondary N) is 2. The number of aromatic nitrogens is 4. The predicted molar refractivity (Wildman–Crippen MR) is 139 cm³/mol. The number of ether oxygens (including phenoxy) is 1. The van der Waals surface area contributed by atoms with E-state index in [1.807, 2.05) is 73.9 Å². The van der Waals surface area contributed by atoms with Crippen LogP contribution in [0.25, 0.3) is 16.9 Å². The Morgan fingerprint density at radius 1 is 1.03 bits per heavy atom. The van der Waals surface area contributed by atoms with Gasteiger partial charge in [0.05, 0.1) is 0 Å². The van der Waals surface area contributed by atoms with E-state index in [2.05, 4.69) is 32.7 Å². The molecule has 35 heavy (non-hydrogen) atoms. The molecule has 2 aromatic heterocycles. The molecule has 8 nitrogen and oxygen atoms in total. The first-order valence-electron chi connectivity index (χ1n) is 11.9. The van der Waals surface area contributed by atoms with Crippen LogP contribution in [0.4, 0.5) is 11.8 Å². The molecule has 2 N–H and O–H groups in total. The molecule has 0 aliphatic carbocycles. The minimum Gasteiger partial charge on any atom is -0.458 e. The van der Waals surface area contributed by atoms with Gasteiger partial charge in [-0.3, -0.25) is 4.57 Å². The van der Waals surface area contributed by atoms with Crippen molar-refractivity contribution in [2.45, 2.75) is 52.2 Å². The summed E-state index contributed by atoms with van der Waals surface area (Å²) in [6.07, 6.45) is 3.61. The van der Waals surface area contributed by atoms with Crippen molar-refractivity contribution in [3.8, 4) is 5.69 Å². The molecule has 0 radical (unpaired) electrons. The molecule has 0 bridgehead atoms. The number of hydrogen-bond acceptors (Lipinski definition) is 7. The summed E-state index contributed by atoms with van der Waals surface area (Å²) in [4.78, 5) is 26.5. The van der Waals surface area contributed by atoms with Crippen molar-refractivity contribution in [1.29, 1.82) is 0 Å². The van der Waals surface area contributed by atoms with E-state index < -0.39 is 11.6 Å². The molecular formula is C27H32N6O2. The quantitative estimate of drug-likeness (QED) is 0.261. The molecule has 4 rings (SSSR count). The largest absolute Gasteiger partial charge is 0.458 e. The highest BCUT2D eigenvalue weighted by atomic mass is 16.6. The zero-order chi connectivity index (χ0) is 24.8. The number of benzene rings is 2. The van der Waals surface area contributed by atoms with Crippen LogP contribution >= 0.6 is 0 Å². The third kappa shape index (κ3) is 6.35. The number of carbonyl (C=O) groups excluding carboxylic acids is 1. The number of carbonyl (C=O) groups is 1. The van der Waals surface area contributed by atoms with Crippen molar-refractivity contribution in [1.82, 2.24) is 19.5 Å². The minimum absolute atomic E-state index is 0.357. The van der Waals surface area contributed by atoms with Gasteiger partial charge in [-0.15, -0.1) is 0 Å². The Morgan fingerprint density at radius 2 is 1.71 bits per heavy atom. The second kappa shape index (κ2) is 10.5. The van der Waals surface area contributed by atoms with E-state index in [4.69, 9.17) is 9.72 Å². The van der Waals surface area contributed by atoms with E-state index in [0.717, 1.165) is 18.5 Å². The average molecular weight is 473 g/mol. The minimum atomic E-state index is -0.611. The van der Waals surface area contributed by atoms with Gasteiger partial charge in [0, 0.05) is 12.2 Å². The molecule has 4 aromatic rings. The number of anilines is 2. The van der Waals surface area contributed by atoms with Crippen molar-refractivity contribution in [2.75, 3.05) is 17.2 Å². The number of nitrogens with zero attached hydrogens (tertiary/aromatic N) is 4. The van der Waals surface area contributed by atoms with E-state index >= 15 is 0 Å². The molecule has 0 spiro atoms. The molecule has 0 fully saturated rings. The highest BCUT2D eigenvalue weighted by Crippen LogP contribution is 2.24. The third-order valence-electron chi connectivity index (χ3n) is 5.31. The van der Waals surface area contributed by atoms with Gasteiger partial charge in [0.15, 0.2) is 17.0 Å². The fourth-order valence-electron chi connectivity index (χ4n) is 3.65. The first-order chi connectivity index (χ1) is 16.8. The Balaban J connectivity index is 1.58. The van der Waals surface area contributed by atoms with Crippen LogP contribution in [0.5, 0.6) is 0 Å². The van der Waals surface area contributed by atoms with Gasteiger partial charge in [0.1, 0.15) is 18.0 Å². The number of rotatable bonds is 9. The third-order valence-corrected chi connectivity index (χ3v) is 5.31. The van der Waals surface area contributed by atoms with E-state index in [-0.39, 0.29) is 5.97 Å². The molecule has 0 amide bonds. The number of imidazole rings is 1. The molecule has 2 heterocycles. The van der Waals surface area contributed by atoms with Crippen LogP contribution in [0.1, 0.15) is 39.7 Å². The van der Waals surface area contributed by atoms with Gasteiger partial charge in [-0.05, 0) is 58.2 Å². The molecule has 182 valence electrons. The van der Waals surface area contributed by atoms with Gasteiger partial charge in [-0.2, -0.15) is 9.97 Å². The fraction of sp³-hybridized carbons (Fsp3) is 0.333. The summed E-state index contributed by atoms with van der Waals surface area (Å²) >= 11 is 0. The molecule has 8 heteroatoms. The summed E-state index contributed by atoms with van der Waals surface area (Å²) in [5, 5.41) is 6.52. The molecule has 0 saturated carbocycles. The number of aryl methyl sites for hydroxylation is 1. The highest BCUT2D eigenvalue weighted by molar-refractivity contribution is 5.88. The van der Waals surface area contributed by atoms with E-state index in [1.54, 1.807) is 13.3 Å². The topological polar surface area (TPSA) is 94.0 Å². The smallest absolute Gasteiger partial charge is 0.328 e. The molecule has 2 aromatic carbocycles. The summed E-state index contributed by atoms with van der Waals surface area (Å²) < 4.78 is 7.44. The maximum atomic E-state index is 12.6. The lowest BCUT2D eigenvalue weighted by atomic mass is 10.1. The number of esters is 1. The van der Waals surface area contributed by atoms with Crippen molar-refractivity contribution in [3.63, 3.8) is 0 Å². The summed E-state index contributed by atoms with van der Waals surface area (Å²) in [6.45, 7) is 8.00. The molecule has 0 saturated heterocycles. The normalized spacial score (nSPS) is 12.3. The summed E-state index contributed by atoms with van der Waals surface area (Å²) in [6, 6.07) is 19.6. The summed E-state index contributed by atoms with van der Waals surface area (Å²) in [5.74, 6) is 0.597. The van der Waals surface area contributed by atoms with E-state index in [9.17, 15) is 4.79 Å². The van der Waals surface area contributed by atoms with Crippen LogP contribution in [-0.4, -0.2) is 43.7 Å². The van der Waals surface area contributed by atoms with Crippen molar-refractivity contribution in [3.05, 3.63) is 72.6 Å². The second-order valence-corrected chi connectivity index (χ2v) is 9.43. The number of fused-ring (bicyclic) bond motifs is 1. The Hall–Kier alpha value is -3.94. The monoisotopic (exact) mass is 472 g/mol. The average Bonchev–Trinajstić information content (AvgIpc) is 3.26. The lowest BCUT2D eigenvalue weighted by molar-refractivity contribution is -0.155. The molecule has 1 atom stereocenters. The second-order valence-electron chi connectivity index (χ2n) is 9.43. The van der Waals surface area contributed by atoms with Gasteiger partial charge < -0.3 is 15.4 Å². The van der Waals surface area contributed by atoms with Gasteiger partial charge in [-0.1, -0.05) is 48.5 Å². The predicted octanol–water partition coefficient (Wildman–Crippen LogP) is 5.00. The van der Waals surface area contributed by atoms with Crippen LogP contribution in [0, 0.1) is 0 Å². The van der Waals surface area contributed by atoms with Crippen LogP contribution in [0.15, 0.2) is 67.0 Å². The summed E-state index contributed by atoms with van der Waals surface area (Å²) in [7, 11) is 0. The molecule has 0 aliphatic heterocycles. The number of para-hydroxylation sites is 1. The zero-order valence-electron chi connectivity index (χ0n) is 20.7. The van der Waals surface area contributed by atoms with Crippen molar-refractivity contribution < 1.29 is 9.53 Å². The molecule has 0 unspecified atom stereocenters. The highest BCUT2D eigenvalue weighted by Gasteiger charge is 2.24. The van der Waals surface area contributed by atoms with Gasteiger partial charge in [0.2, 0.25) is 5.95 Å². The number of hydrogen-bond donors (Lipinski definition) is 2. The maximum absolute atomic E-state index is 12.6. The Bertz CT molecular complexity index is 1270. The summed E-state index contributed by atoms with van der Waals surface area (Å²) in [5.41, 5.74) is 2.89. The Morgan fingerprint density at radius 3 is 2.40 bits per heavy atom. The van der Waals surface area contributed by atoms with Gasteiger partial charge >= 0.3 is 5.97 Å². The first kappa shape index (κ1) is 24.2. The standard InChI is InChI=1S/C27H32N6O2/c1-19(25(34)35-27(2,3)4)30-23-22-24(33(18-29-22)21-15-9-6-10-16-21)32-26(31-23)28-17-11-14-20-12-7-5-8-13-20/h5-10,12-13,15-16,18-19H,11,14,17H2,1-4H3,(H2,28,30,31,32)/t19-/m0/s1. The van der Waals surface area contributed by atoms with E-state index in [0.29, 0.717) is 29.5 Å². The zero-order valence-corrected chi connectivity index (χ0v) is 20.7. The Labute approximate surface area is 205 Å². The SMILES string of the molecule is C[C@H](Nc1nc(NCCCc2ccccc2)nc2c1ncn2-c1ccccc1)C(=O)OC(C)(C)C. The van der Waals surface area contributed by atoms with Gasteiger partial charge in [-0.25, -0.2) is 9.78 Å². The maximum Gasteiger partial charge on any atom is 0.328 e. The van der Waals surface area contributed by atoms with Crippen molar-refractivity contribution in [2.24, 2.45) is 0 Å². The van der Waals surface area contributed by atoms with Crippen molar-refractivity contribution >= 4 is 28.9 Å². The van der Waals surface area contributed by atoms with E-state index in [1.165, 1.54) is 5.56 Å². The first-order valence-corrected chi connectivity index (χ1v) is 11.9. The van der Waals surface area contributed by atoms with Crippen LogP contribution in [0.2, 0.25) is 0 Å². The lowest BCUT2D eigenvalue weighted by Gasteiger charge is -2.23. The molecular weight excluding hydrogens is 440 g/mol. The van der Waals surface area contributed by atoms with Crippen LogP contribution < -0.4 is 10.6 Å². The molecule has 0 aliphatic rings.